The highest BCUT2D eigenvalue weighted by Gasteiger charge is 2.34. The molecule has 1 amide bonds. The van der Waals surface area contributed by atoms with Gasteiger partial charge in [0, 0.05) is 43.3 Å². The highest BCUT2D eigenvalue weighted by atomic mass is 32.1. The molecule has 0 aliphatic rings. The van der Waals surface area contributed by atoms with Crippen molar-refractivity contribution in [2.75, 3.05) is 11.9 Å². The van der Waals surface area contributed by atoms with Crippen LogP contribution in [0.5, 0.6) is 0 Å². The molecule has 4 aromatic rings. The molecule has 12 heteroatoms. The van der Waals surface area contributed by atoms with Crippen LogP contribution in [0.15, 0.2) is 85.3 Å². The summed E-state index contributed by atoms with van der Waals surface area (Å²) in [7, 11) is 0. The standard InChI is InChI=1S/C33H32F4N6OS/c1-22(2)30(41-31(44)15-28-17-39-21-43(28)18-24-12-10-23(16-38)11-13-24)20-42(32(45)40-27-8-5-7-26(34)14-27)19-25-6-3-4-9-29(25)33(35,36)37/h3-14,17,21-22,30H,15,18-20H2,1-2H3,(H,40,45)(H,41,44)/t30-/m1/s1. The van der Waals surface area contributed by atoms with Crippen LogP contribution >= 0.6 is 12.2 Å². The van der Waals surface area contributed by atoms with Crippen LogP contribution in [0.25, 0.3) is 0 Å². The molecule has 7 nitrogen and oxygen atoms in total. The molecule has 0 unspecified atom stereocenters. The van der Waals surface area contributed by atoms with Gasteiger partial charge < -0.3 is 20.1 Å². The number of hydrogen-bond donors (Lipinski definition) is 2. The molecule has 0 aliphatic heterocycles. The number of carbonyl (C=O) groups excluding carboxylic acids is 1. The number of alkyl halides is 3. The van der Waals surface area contributed by atoms with E-state index in [0.29, 0.717) is 23.5 Å². The fraction of sp³-hybridized carbons (Fsp3) is 0.273. The first-order valence-corrected chi connectivity index (χ1v) is 14.6. The summed E-state index contributed by atoms with van der Waals surface area (Å²) in [5.41, 5.74) is 1.71. The van der Waals surface area contributed by atoms with Gasteiger partial charge in [0.2, 0.25) is 5.91 Å². The van der Waals surface area contributed by atoms with E-state index in [1.807, 2.05) is 30.5 Å². The largest absolute Gasteiger partial charge is 0.416 e. The summed E-state index contributed by atoms with van der Waals surface area (Å²) in [6.07, 6.45) is -1.34. The van der Waals surface area contributed by atoms with Crippen LogP contribution in [0.3, 0.4) is 0 Å². The van der Waals surface area contributed by atoms with E-state index in [1.165, 1.54) is 36.4 Å². The van der Waals surface area contributed by atoms with Gasteiger partial charge in [0.05, 0.1) is 29.9 Å². The molecule has 3 aromatic carbocycles. The number of benzene rings is 3. The minimum atomic E-state index is -4.58. The number of carbonyl (C=O) groups is 1. The first-order chi connectivity index (χ1) is 21.4. The number of hydrogen-bond acceptors (Lipinski definition) is 4. The fourth-order valence-corrected chi connectivity index (χ4v) is 4.99. The summed E-state index contributed by atoms with van der Waals surface area (Å²) in [4.78, 5) is 19.0. The molecular weight excluding hydrogens is 604 g/mol. The van der Waals surface area contributed by atoms with Crippen molar-refractivity contribution in [2.24, 2.45) is 5.92 Å². The van der Waals surface area contributed by atoms with Crippen molar-refractivity contribution in [3.63, 3.8) is 0 Å². The van der Waals surface area contributed by atoms with Gasteiger partial charge in [-0.3, -0.25) is 4.79 Å². The molecule has 0 saturated carbocycles. The lowest BCUT2D eigenvalue weighted by molar-refractivity contribution is -0.138. The Morgan fingerprint density at radius 1 is 1.09 bits per heavy atom. The maximum atomic E-state index is 13.9. The predicted molar refractivity (Wildman–Crippen MR) is 167 cm³/mol. The summed E-state index contributed by atoms with van der Waals surface area (Å²) >= 11 is 5.61. The van der Waals surface area contributed by atoms with E-state index in [2.05, 4.69) is 21.7 Å². The van der Waals surface area contributed by atoms with Crippen molar-refractivity contribution < 1.29 is 22.4 Å². The number of rotatable bonds is 11. The van der Waals surface area contributed by atoms with Crippen LogP contribution in [-0.2, 0) is 30.5 Å². The SMILES string of the molecule is CC(C)[C@@H](CN(Cc1ccccc1C(F)(F)F)C(=S)Nc1cccc(F)c1)NC(=O)Cc1cncn1Cc1ccc(C#N)cc1. The minimum Gasteiger partial charge on any atom is -0.351 e. The summed E-state index contributed by atoms with van der Waals surface area (Å²) in [5.74, 6) is -0.910. The average Bonchev–Trinajstić information content (AvgIpc) is 3.42. The Hall–Kier alpha value is -4.76. The lowest BCUT2D eigenvalue weighted by Crippen LogP contribution is -2.49. The van der Waals surface area contributed by atoms with Gasteiger partial charge in [-0.25, -0.2) is 9.37 Å². The minimum absolute atomic E-state index is 0.00827. The third kappa shape index (κ3) is 9.36. The van der Waals surface area contributed by atoms with Crippen LogP contribution in [0.4, 0.5) is 23.2 Å². The second-order valence-corrected chi connectivity index (χ2v) is 11.3. The Kier molecular flexibility index (Phi) is 10.9. The number of aromatic nitrogens is 2. The average molecular weight is 637 g/mol. The van der Waals surface area contributed by atoms with Crippen LogP contribution in [0, 0.1) is 23.1 Å². The van der Waals surface area contributed by atoms with Gasteiger partial charge >= 0.3 is 6.18 Å². The van der Waals surface area contributed by atoms with Crippen molar-refractivity contribution in [2.45, 2.75) is 45.6 Å². The molecule has 1 aromatic heterocycles. The Bertz CT molecular complexity index is 1660. The van der Waals surface area contributed by atoms with E-state index >= 15 is 0 Å². The van der Waals surface area contributed by atoms with Gasteiger partial charge in [-0.15, -0.1) is 0 Å². The van der Waals surface area contributed by atoms with Crippen LogP contribution in [0.1, 0.15) is 41.8 Å². The summed E-state index contributed by atoms with van der Waals surface area (Å²) < 4.78 is 57.3. The van der Waals surface area contributed by atoms with Crippen LogP contribution in [0.2, 0.25) is 0 Å². The monoisotopic (exact) mass is 636 g/mol. The van der Waals surface area contributed by atoms with E-state index in [0.717, 1.165) is 11.6 Å². The highest BCUT2D eigenvalue weighted by Crippen LogP contribution is 2.32. The zero-order valence-electron chi connectivity index (χ0n) is 24.7. The molecule has 45 heavy (non-hydrogen) atoms. The molecular formula is C33H32F4N6OS. The van der Waals surface area contributed by atoms with Crippen molar-refractivity contribution in [1.29, 1.82) is 5.26 Å². The smallest absolute Gasteiger partial charge is 0.351 e. The molecule has 0 spiro atoms. The number of imidazole rings is 1. The quantitative estimate of drug-likeness (QED) is 0.144. The molecule has 234 valence electrons. The third-order valence-electron chi connectivity index (χ3n) is 7.19. The van der Waals surface area contributed by atoms with Crippen LogP contribution in [-0.4, -0.2) is 38.1 Å². The molecule has 0 bridgehead atoms. The summed E-state index contributed by atoms with van der Waals surface area (Å²) in [6, 6.07) is 19.5. The zero-order valence-corrected chi connectivity index (χ0v) is 25.5. The zero-order chi connectivity index (χ0) is 32.6. The number of anilines is 1. The number of nitrogens with one attached hydrogen (secondary N) is 2. The van der Waals surface area contributed by atoms with Gasteiger partial charge in [0.15, 0.2) is 5.11 Å². The Labute approximate surface area is 264 Å². The Morgan fingerprint density at radius 3 is 2.49 bits per heavy atom. The van der Waals surface area contributed by atoms with Crippen molar-refractivity contribution in [3.05, 3.63) is 119 Å². The second kappa shape index (κ2) is 14.8. The highest BCUT2D eigenvalue weighted by molar-refractivity contribution is 7.80. The van der Waals surface area contributed by atoms with E-state index in [4.69, 9.17) is 17.5 Å². The first-order valence-electron chi connectivity index (χ1n) is 14.2. The lowest BCUT2D eigenvalue weighted by Gasteiger charge is -2.33. The van der Waals surface area contributed by atoms with Gasteiger partial charge in [-0.1, -0.05) is 50.2 Å². The number of halogens is 4. The van der Waals surface area contributed by atoms with Gasteiger partial charge in [-0.05, 0) is 65.7 Å². The molecule has 0 aliphatic carbocycles. The predicted octanol–water partition coefficient (Wildman–Crippen LogP) is 6.54. The normalized spacial score (nSPS) is 12.0. The summed E-state index contributed by atoms with van der Waals surface area (Å²) in [5, 5.41) is 15.1. The lowest BCUT2D eigenvalue weighted by atomic mass is 10.0. The van der Waals surface area contributed by atoms with Crippen molar-refractivity contribution in [3.8, 4) is 6.07 Å². The fourth-order valence-electron chi connectivity index (χ4n) is 4.73. The van der Waals surface area contributed by atoms with Gasteiger partial charge in [0.25, 0.3) is 0 Å². The van der Waals surface area contributed by atoms with Crippen molar-refractivity contribution in [1.82, 2.24) is 19.8 Å². The maximum absolute atomic E-state index is 13.9. The second-order valence-electron chi connectivity index (χ2n) is 10.9. The van der Waals surface area contributed by atoms with E-state index in [-0.39, 0.29) is 42.0 Å². The molecule has 0 fully saturated rings. The Morgan fingerprint density at radius 2 is 1.82 bits per heavy atom. The van der Waals surface area contributed by atoms with E-state index in [1.54, 1.807) is 35.6 Å². The van der Waals surface area contributed by atoms with E-state index in [9.17, 15) is 22.4 Å². The molecule has 0 radical (unpaired) electrons. The summed E-state index contributed by atoms with van der Waals surface area (Å²) in [6.45, 7) is 4.12. The molecule has 1 atom stereocenters. The number of thiocarbonyl (C=S) groups is 1. The van der Waals surface area contributed by atoms with Gasteiger partial charge in [0.1, 0.15) is 5.82 Å². The number of nitrogens with zero attached hydrogens (tertiary/aromatic N) is 4. The third-order valence-corrected chi connectivity index (χ3v) is 7.55. The number of nitriles is 1. The van der Waals surface area contributed by atoms with Crippen LogP contribution < -0.4 is 10.6 Å². The number of amides is 1. The molecule has 2 N–H and O–H groups in total. The Balaban J connectivity index is 1.52. The first kappa shape index (κ1) is 33.1. The topological polar surface area (TPSA) is 86.0 Å². The maximum Gasteiger partial charge on any atom is 0.416 e. The molecule has 1 heterocycles. The van der Waals surface area contributed by atoms with Crippen molar-refractivity contribution >= 4 is 28.9 Å². The van der Waals surface area contributed by atoms with Gasteiger partial charge in [-0.2, -0.15) is 18.4 Å². The molecule has 0 saturated heterocycles. The van der Waals surface area contributed by atoms with E-state index < -0.39 is 23.6 Å². The molecule has 4 rings (SSSR count).